The third-order valence-electron chi connectivity index (χ3n) is 3.46. The summed E-state index contributed by atoms with van der Waals surface area (Å²) in [7, 11) is 0. The number of rotatable bonds is 4. The fourth-order valence-corrected chi connectivity index (χ4v) is 2.32. The lowest BCUT2D eigenvalue weighted by Gasteiger charge is -2.26. The fraction of sp³-hybridized carbons (Fsp3) is 0.467. The molecule has 104 valence electrons. The van der Waals surface area contributed by atoms with Crippen molar-refractivity contribution in [2.75, 3.05) is 32.7 Å². The molecule has 0 aliphatic carbocycles. The smallest absolute Gasteiger partial charge is 0.133 e. The summed E-state index contributed by atoms with van der Waals surface area (Å²) >= 11 is 0. The van der Waals surface area contributed by atoms with Crippen LogP contribution < -0.4 is 5.32 Å². The maximum Gasteiger partial charge on any atom is 0.133 e. The molecule has 0 amide bonds. The van der Waals surface area contributed by atoms with E-state index < -0.39 is 11.6 Å². The number of piperazine rings is 1. The molecule has 19 heavy (non-hydrogen) atoms. The van der Waals surface area contributed by atoms with Crippen LogP contribution in [0.5, 0.6) is 0 Å². The first-order chi connectivity index (χ1) is 9.16. The zero-order chi connectivity index (χ0) is 13.7. The number of halogens is 2. The van der Waals surface area contributed by atoms with Crippen LogP contribution in [0.3, 0.4) is 0 Å². The standard InChI is InChI=1S/C15H20F2N2/c1-12(14-5-4-13(16)11-15(14)17)3-2-8-19-9-6-18-7-10-19/h3-5,11,18H,2,6-10H2,1H3/b12-3+. The lowest BCUT2D eigenvalue weighted by Crippen LogP contribution is -2.43. The van der Waals surface area contributed by atoms with Gasteiger partial charge in [0.25, 0.3) is 0 Å². The molecule has 1 heterocycles. The molecule has 1 aliphatic heterocycles. The van der Waals surface area contributed by atoms with Crippen molar-refractivity contribution in [1.82, 2.24) is 10.2 Å². The maximum atomic E-state index is 13.6. The molecule has 0 spiro atoms. The third-order valence-corrected chi connectivity index (χ3v) is 3.46. The molecule has 0 bridgehead atoms. The number of nitrogens with zero attached hydrogens (tertiary/aromatic N) is 1. The average molecular weight is 266 g/mol. The molecule has 1 saturated heterocycles. The Balaban J connectivity index is 1.91. The molecule has 2 nitrogen and oxygen atoms in total. The van der Waals surface area contributed by atoms with Crippen LogP contribution in [0.4, 0.5) is 8.78 Å². The third kappa shape index (κ3) is 4.11. The first-order valence-corrected chi connectivity index (χ1v) is 6.72. The van der Waals surface area contributed by atoms with Crippen molar-refractivity contribution in [3.8, 4) is 0 Å². The van der Waals surface area contributed by atoms with E-state index in [2.05, 4.69) is 10.2 Å². The van der Waals surface area contributed by atoms with Gasteiger partial charge in [-0.2, -0.15) is 0 Å². The van der Waals surface area contributed by atoms with Crippen LogP contribution in [0.2, 0.25) is 0 Å². The summed E-state index contributed by atoms with van der Waals surface area (Å²) < 4.78 is 26.4. The number of allylic oxidation sites excluding steroid dienone is 1. The summed E-state index contributed by atoms with van der Waals surface area (Å²) in [5, 5.41) is 3.31. The molecule has 2 rings (SSSR count). The summed E-state index contributed by atoms with van der Waals surface area (Å²) in [6.45, 7) is 7.07. The van der Waals surface area contributed by atoms with Gasteiger partial charge >= 0.3 is 0 Å². The van der Waals surface area contributed by atoms with Crippen molar-refractivity contribution in [2.45, 2.75) is 13.3 Å². The second kappa shape index (κ2) is 6.78. The van der Waals surface area contributed by atoms with E-state index in [9.17, 15) is 8.78 Å². The van der Waals surface area contributed by atoms with Gasteiger partial charge in [0.05, 0.1) is 0 Å². The van der Waals surface area contributed by atoms with E-state index in [1.165, 1.54) is 12.1 Å². The van der Waals surface area contributed by atoms with Gasteiger partial charge in [-0.05, 0) is 31.1 Å². The second-order valence-corrected chi connectivity index (χ2v) is 4.89. The van der Waals surface area contributed by atoms with E-state index in [1.807, 2.05) is 13.0 Å². The molecule has 1 aromatic rings. The van der Waals surface area contributed by atoms with Crippen LogP contribution >= 0.6 is 0 Å². The van der Waals surface area contributed by atoms with Gasteiger partial charge < -0.3 is 10.2 Å². The van der Waals surface area contributed by atoms with Crippen LogP contribution in [0.15, 0.2) is 24.3 Å². The molecule has 1 fully saturated rings. The van der Waals surface area contributed by atoms with Gasteiger partial charge in [-0.15, -0.1) is 0 Å². The zero-order valence-corrected chi connectivity index (χ0v) is 11.3. The number of nitrogens with one attached hydrogen (secondary N) is 1. The number of hydrogen-bond acceptors (Lipinski definition) is 2. The minimum atomic E-state index is -0.533. The second-order valence-electron chi connectivity index (χ2n) is 4.89. The van der Waals surface area contributed by atoms with E-state index in [4.69, 9.17) is 0 Å². The van der Waals surface area contributed by atoms with Crippen molar-refractivity contribution < 1.29 is 8.78 Å². The van der Waals surface area contributed by atoms with Crippen LogP contribution in [-0.4, -0.2) is 37.6 Å². The van der Waals surface area contributed by atoms with E-state index in [0.29, 0.717) is 5.56 Å². The Labute approximate surface area is 113 Å². The van der Waals surface area contributed by atoms with Crippen LogP contribution in [0.25, 0.3) is 5.57 Å². The van der Waals surface area contributed by atoms with Gasteiger partial charge in [0.1, 0.15) is 11.6 Å². The van der Waals surface area contributed by atoms with Gasteiger partial charge in [-0.25, -0.2) is 8.78 Å². The Morgan fingerprint density at radius 2 is 2.05 bits per heavy atom. The minimum absolute atomic E-state index is 0.488. The molecule has 0 unspecified atom stereocenters. The predicted molar refractivity (Wildman–Crippen MR) is 73.9 cm³/mol. The minimum Gasteiger partial charge on any atom is -0.314 e. The Kier molecular flexibility index (Phi) is 5.05. The normalized spacial score (nSPS) is 17.7. The monoisotopic (exact) mass is 266 g/mol. The largest absolute Gasteiger partial charge is 0.314 e. The van der Waals surface area contributed by atoms with E-state index >= 15 is 0 Å². The molecule has 0 atom stereocenters. The quantitative estimate of drug-likeness (QED) is 0.901. The molecule has 0 saturated carbocycles. The SMILES string of the molecule is C/C(=C\CCN1CCNCC1)c1ccc(F)cc1F. The molecular weight excluding hydrogens is 246 g/mol. The van der Waals surface area contributed by atoms with E-state index in [1.54, 1.807) is 0 Å². The van der Waals surface area contributed by atoms with Crippen LogP contribution in [0, 0.1) is 11.6 Å². The molecule has 1 aliphatic rings. The highest BCUT2D eigenvalue weighted by molar-refractivity contribution is 5.64. The van der Waals surface area contributed by atoms with Crippen molar-refractivity contribution in [3.05, 3.63) is 41.5 Å². The van der Waals surface area contributed by atoms with Gasteiger partial charge in [-0.1, -0.05) is 6.08 Å². The van der Waals surface area contributed by atoms with Crippen molar-refractivity contribution in [3.63, 3.8) is 0 Å². The van der Waals surface area contributed by atoms with Gasteiger partial charge in [0, 0.05) is 44.4 Å². The van der Waals surface area contributed by atoms with Gasteiger partial charge in [-0.3, -0.25) is 0 Å². The molecule has 0 radical (unpaired) electrons. The highest BCUT2D eigenvalue weighted by atomic mass is 19.1. The summed E-state index contributed by atoms with van der Waals surface area (Å²) in [4.78, 5) is 2.39. The summed E-state index contributed by atoms with van der Waals surface area (Å²) in [5.41, 5.74) is 1.36. The van der Waals surface area contributed by atoms with Crippen molar-refractivity contribution >= 4 is 5.57 Å². The highest BCUT2D eigenvalue weighted by Gasteiger charge is 2.08. The Morgan fingerprint density at radius 1 is 1.32 bits per heavy atom. The lowest BCUT2D eigenvalue weighted by atomic mass is 10.1. The summed E-state index contributed by atoms with van der Waals surface area (Å²) in [6.07, 6.45) is 2.92. The average Bonchev–Trinajstić information content (AvgIpc) is 2.39. The predicted octanol–water partition coefficient (Wildman–Crippen LogP) is 2.66. The lowest BCUT2D eigenvalue weighted by molar-refractivity contribution is 0.245. The number of hydrogen-bond donors (Lipinski definition) is 1. The Morgan fingerprint density at radius 3 is 2.74 bits per heavy atom. The van der Waals surface area contributed by atoms with Crippen LogP contribution in [-0.2, 0) is 0 Å². The van der Waals surface area contributed by atoms with Gasteiger partial charge in [0.15, 0.2) is 0 Å². The summed E-state index contributed by atoms with van der Waals surface area (Å²) in [6, 6.07) is 3.73. The number of benzene rings is 1. The van der Waals surface area contributed by atoms with E-state index in [0.717, 1.165) is 50.8 Å². The van der Waals surface area contributed by atoms with Crippen molar-refractivity contribution in [2.24, 2.45) is 0 Å². The molecule has 0 aromatic heterocycles. The molecule has 1 N–H and O–H groups in total. The topological polar surface area (TPSA) is 15.3 Å². The van der Waals surface area contributed by atoms with E-state index in [-0.39, 0.29) is 0 Å². The van der Waals surface area contributed by atoms with Gasteiger partial charge in [0.2, 0.25) is 0 Å². The first kappa shape index (κ1) is 14.2. The Hall–Kier alpha value is -1.26. The molecule has 4 heteroatoms. The fourth-order valence-electron chi connectivity index (χ4n) is 2.32. The first-order valence-electron chi connectivity index (χ1n) is 6.72. The maximum absolute atomic E-state index is 13.6. The zero-order valence-electron chi connectivity index (χ0n) is 11.3. The highest BCUT2D eigenvalue weighted by Crippen LogP contribution is 2.19. The summed E-state index contributed by atoms with van der Waals surface area (Å²) in [5.74, 6) is -1.02. The molecular formula is C15H20F2N2. The van der Waals surface area contributed by atoms with Crippen molar-refractivity contribution in [1.29, 1.82) is 0 Å². The Bertz CT molecular complexity index is 451. The molecule has 1 aromatic carbocycles. The van der Waals surface area contributed by atoms with Crippen LogP contribution in [0.1, 0.15) is 18.9 Å².